The molecule has 0 unspecified atom stereocenters. The lowest BCUT2D eigenvalue weighted by Crippen LogP contribution is -2.25. The highest BCUT2D eigenvalue weighted by molar-refractivity contribution is 6.30. The molecule has 0 aliphatic heterocycles. The molecule has 108 valence electrons. The van der Waals surface area contributed by atoms with Crippen molar-refractivity contribution in [2.75, 3.05) is 7.11 Å². The molecular formula is C15H14ClN3O2. The highest BCUT2D eigenvalue weighted by Crippen LogP contribution is 2.31. The fraction of sp³-hybridized carbons (Fsp3) is 0.267. The zero-order valence-corrected chi connectivity index (χ0v) is 12.5. The fourth-order valence-electron chi connectivity index (χ4n) is 2.03. The largest absolute Gasteiger partial charge is 0.496 e. The number of nitrogens with zero attached hydrogens (tertiary/aromatic N) is 3. The van der Waals surface area contributed by atoms with Crippen molar-refractivity contribution in [3.8, 4) is 23.1 Å². The molecule has 0 bridgehead atoms. The number of hydrogen-bond acceptors (Lipinski definition) is 4. The van der Waals surface area contributed by atoms with Gasteiger partial charge in [0.1, 0.15) is 5.75 Å². The predicted molar refractivity (Wildman–Crippen MR) is 80.5 cm³/mol. The van der Waals surface area contributed by atoms with Crippen molar-refractivity contribution in [3.63, 3.8) is 0 Å². The third-order valence-electron chi connectivity index (χ3n) is 3.06. The van der Waals surface area contributed by atoms with Crippen LogP contribution in [0.15, 0.2) is 29.1 Å². The van der Waals surface area contributed by atoms with E-state index in [2.05, 4.69) is 5.10 Å². The maximum absolute atomic E-state index is 12.1. The number of ether oxygens (including phenoxy) is 1. The lowest BCUT2D eigenvalue weighted by Gasteiger charge is -2.11. The first kappa shape index (κ1) is 15.1. The highest BCUT2D eigenvalue weighted by atomic mass is 35.5. The van der Waals surface area contributed by atoms with Gasteiger partial charge in [-0.2, -0.15) is 10.4 Å². The van der Waals surface area contributed by atoms with E-state index in [4.69, 9.17) is 21.6 Å². The van der Waals surface area contributed by atoms with Gasteiger partial charge in [0.15, 0.2) is 0 Å². The van der Waals surface area contributed by atoms with Crippen molar-refractivity contribution in [2.24, 2.45) is 0 Å². The number of hydrogen-bond donors (Lipinski definition) is 0. The Bertz CT molecular complexity index is 762. The van der Waals surface area contributed by atoms with E-state index in [1.807, 2.05) is 13.0 Å². The first-order chi connectivity index (χ1) is 10.1. The van der Waals surface area contributed by atoms with Gasteiger partial charge in [0.05, 0.1) is 25.3 Å². The van der Waals surface area contributed by atoms with Crippen LogP contribution in [-0.2, 0) is 13.0 Å². The minimum Gasteiger partial charge on any atom is -0.496 e. The van der Waals surface area contributed by atoms with E-state index in [-0.39, 0.29) is 12.0 Å². The lowest BCUT2D eigenvalue weighted by molar-refractivity contribution is 0.416. The summed E-state index contributed by atoms with van der Waals surface area (Å²) in [7, 11) is 1.55. The third-order valence-corrected chi connectivity index (χ3v) is 3.29. The van der Waals surface area contributed by atoms with Crippen LogP contribution in [0.3, 0.4) is 0 Å². The van der Waals surface area contributed by atoms with E-state index in [1.165, 1.54) is 4.68 Å². The summed E-state index contributed by atoms with van der Waals surface area (Å²) in [5.74, 6) is 0.608. The summed E-state index contributed by atoms with van der Waals surface area (Å²) in [4.78, 5) is 12.1. The molecule has 0 amide bonds. The van der Waals surface area contributed by atoms with Crippen molar-refractivity contribution < 1.29 is 4.74 Å². The number of aromatic nitrogens is 2. The first-order valence-electron chi connectivity index (χ1n) is 6.42. The van der Waals surface area contributed by atoms with Crippen molar-refractivity contribution in [1.82, 2.24) is 9.78 Å². The van der Waals surface area contributed by atoms with Gasteiger partial charge in [-0.15, -0.1) is 0 Å². The molecule has 0 fully saturated rings. The van der Waals surface area contributed by atoms with Crippen LogP contribution in [0.25, 0.3) is 11.3 Å². The van der Waals surface area contributed by atoms with Gasteiger partial charge in [0, 0.05) is 22.7 Å². The number of halogens is 1. The molecule has 2 rings (SSSR count). The Labute approximate surface area is 127 Å². The number of benzene rings is 1. The number of nitriles is 1. The molecule has 5 nitrogen and oxygen atoms in total. The molecule has 1 heterocycles. The van der Waals surface area contributed by atoms with Crippen molar-refractivity contribution >= 4 is 11.6 Å². The fourth-order valence-corrected chi connectivity index (χ4v) is 2.21. The maximum atomic E-state index is 12.1. The van der Waals surface area contributed by atoms with Gasteiger partial charge < -0.3 is 4.74 Å². The molecule has 0 aliphatic carbocycles. The van der Waals surface area contributed by atoms with Gasteiger partial charge >= 0.3 is 0 Å². The normalized spacial score (nSPS) is 10.2. The zero-order valence-electron chi connectivity index (χ0n) is 11.8. The monoisotopic (exact) mass is 303 g/mol. The van der Waals surface area contributed by atoms with Gasteiger partial charge in [-0.05, 0) is 31.2 Å². The van der Waals surface area contributed by atoms with Crippen LogP contribution in [-0.4, -0.2) is 16.9 Å². The maximum Gasteiger partial charge on any atom is 0.271 e. The molecular weight excluding hydrogens is 290 g/mol. The Hall–Kier alpha value is -2.32. The highest BCUT2D eigenvalue weighted by Gasteiger charge is 2.13. The Kier molecular flexibility index (Phi) is 4.61. The van der Waals surface area contributed by atoms with Crippen molar-refractivity contribution in [2.45, 2.75) is 19.9 Å². The van der Waals surface area contributed by atoms with Gasteiger partial charge in [-0.25, -0.2) is 4.68 Å². The average Bonchev–Trinajstić information content (AvgIpc) is 2.49. The molecule has 0 saturated heterocycles. The minimum absolute atomic E-state index is 0.0389. The van der Waals surface area contributed by atoms with Crippen molar-refractivity contribution in [1.29, 1.82) is 5.26 Å². The Morgan fingerprint density at radius 3 is 2.81 bits per heavy atom. The molecule has 21 heavy (non-hydrogen) atoms. The van der Waals surface area contributed by atoms with Gasteiger partial charge in [-0.1, -0.05) is 11.6 Å². The number of aryl methyl sites for hydroxylation is 1. The van der Waals surface area contributed by atoms with Crippen LogP contribution >= 0.6 is 11.6 Å². The smallest absolute Gasteiger partial charge is 0.271 e. The average molecular weight is 304 g/mol. The second kappa shape index (κ2) is 6.42. The molecule has 0 N–H and O–H groups in total. The van der Waals surface area contributed by atoms with Gasteiger partial charge in [-0.3, -0.25) is 4.79 Å². The summed E-state index contributed by atoms with van der Waals surface area (Å²) in [6.45, 7) is 2.25. The molecule has 0 saturated carbocycles. The topological polar surface area (TPSA) is 67.9 Å². The van der Waals surface area contributed by atoms with Crippen LogP contribution in [0.2, 0.25) is 5.02 Å². The van der Waals surface area contributed by atoms with Crippen LogP contribution in [0.1, 0.15) is 12.5 Å². The second-order valence-electron chi connectivity index (χ2n) is 4.36. The van der Waals surface area contributed by atoms with Crippen LogP contribution in [0, 0.1) is 11.3 Å². The van der Waals surface area contributed by atoms with Gasteiger partial charge in [0.25, 0.3) is 5.56 Å². The number of methoxy groups -OCH3 is 1. The lowest BCUT2D eigenvalue weighted by atomic mass is 10.1. The Morgan fingerprint density at radius 1 is 1.43 bits per heavy atom. The molecule has 0 atom stereocenters. The summed E-state index contributed by atoms with van der Waals surface area (Å²) in [5.41, 5.74) is 1.41. The molecule has 0 aliphatic rings. The van der Waals surface area contributed by atoms with E-state index in [0.717, 1.165) is 0 Å². The van der Waals surface area contributed by atoms with E-state index in [1.54, 1.807) is 31.4 Å². The summed E-state index contributed by atoms with van der Waals surface area (Å²) in [6, 6.07) is 8.80. The van der Waals surface area contributed by atoms with E-state index >= 15 is 0 Å². The van der Waals surface area contributed by atoms with Crippen molar-refractivity contribution in [3.05, 3.63) is 45.2 Å². The van der Waals surface area contributed by atoms with Crippen LogP contribution < -0.4 is 10.3 Å². The minimum atomic E-state index is -0.246. The summed E-state index contributed by atoms with van der Waals surface area (Å²) in [6.07, 6.45) is 0.0389. The summed E-state index contributed by atoms with van der Waals surface area (Å²) >= 11 is 6.03. The zero-order chi connectivity index (χ0) is 15.4. The van der Waals surface area contributed by atoms with E-state index < -0.39 is 0 Å². The summed E-state index contributed by atoms with van der Waals surface area (Å²) in [5, 5.41) is 13.7. The third kappa shape index (κ3) is 3.06. The van der Waals surface area contributed by atoms with E-state index in [9.17, 15) is 4.79 Å². The molecule has 6 heteroatoms. The molecule has 1 aromatic carbocycles. The molecule has 1 aromatic heterocycles. The molecule has 2 aromatic rings. The predicted octanol–water partition coefficient (Wildman–Crippen LogP) is 2.66. The number of rotatable bonds is 4. The SMILES string of the molecule is CCn1nc(-c2cc(Cl)ccc2OC)cc(CC#N)c1=O. The summed E-state index contributed by atoms with van der Waals surface area (Å²) < 4.78 is 6.64. The Morgan fingerprint density at radius 2 is 2.19 bits per heavy atom. The van der Waals surface area contributed by atoms with Crippen LogP contribution in [0.5, 0.6) is 5.75 Å². The van der Waals surface area contributed by atoms with Crippen LogP contribution in [0.4, 0.5) is 0 Å². The van der Waals surface area contributed by atoms with Gasteiger partial charge in [0.2, 0.25) is 0 Å². The second-order valence-corrected chi connectivity index (χ2v) is 4.79. The molecule has 0 radical (unpaired) electrons. The quantitative estimate of drug-likeness (QED) is 0.871. The molecule has 0 spiro atoms. The first-order valence-corrected chi connectivity index (χ1v) is 6.80. The standard InChI is InChI=1S/C15H14ClN3O2/c1-3-19-15(20)10(6-7-17)8-13(18-19)12-9-11(16)4-5-14(12)21-2/h4-5,8-9H,3,6H2,1-2H3. The Balaban J connectivity index is 2.70. The van der Waals surface area contributed by atoms with E-state index in [0.29, 0.717) is 34.1 Å².